The van der Waals surface area contributed by atoms with Crippen LogP contribution in [0.5, 0.6) is 5.75 Å². The Morgan fingerprint density at radius 3 is 2.78 bits per heavy atom. The highest BCUT2D eigenvalue weighted by Gasteiger charge is 2.21. The summed E-state index contributed by atoms with van der Waals surface area (Å²) >= 11 is 0. The average Bonchev–Trinajstić information content (AvgIpc) is 3.12. The Hall–Kier alpha value is -1.71. The van der Waals surface area contributed by atoms with Gasteiger partial charge in [0.25, 0.3) is 5.91 Å². The quantitative estimate of drug-likeness (QED) is 0.812. The fraction of sp³-hybridized carbons (Fsp3) is 0.500. The Bertz CT molecular complexity index is 439. The molecule has 4 heteroatoms. The van der Waals surface area contributed by atoms with Crippen molar-refractivity contribution in [2.45, 2.75) is 19.3 Å². The summed E-state index contributed by atoms with van der Waals surface area (Å²) in [6.45, 7) is 0.655. The summed E-state index contributed by atoms with van der Waals surface area (Å²) in [7, 11) is 3.46. The van der Waals surface area contributed by atoms with Gasteiger partial charge in [-0.3, -0.25) is 4.79 Å². The number of rotatable bonds is 5. The molecule has 2 N–H and O–H groups in total. The third-order valence-corrected chi connectivity index (χ3v) is 3.12. The van der Waals surface area contributed by atoms with Crippen molar-refractivity contribution in [3.05, 3.63) is 23.8 Å². The van der Waals surface area contributed by atoms with Gasteiger partial charge in [0.15, 0.2) is 0 Å². The topological polar surface area (TPSA) is 55.6 Å². The molecule has 1 aromatic carbocycles. The van der Waals surface area contributed by atoms with Crippen LogP contribution in [0.15, 0.2) is 18.2 Å². The minimum Gasteiger partial charge on any atom is -0.493 e. The Labute approximate surface area is 108 Å². The van der Waals surface area contributed by atoms with Gasteiger partial charge in [0.2, 0.25) is 0 Å². The lowest BCUT2D eigenvalue weighted by Crippen LogP contribution is -2.22. The van der Waals surface area contributed by atoms with Gasteiger partial charge in [-0.2, -0.15) is 0 Å². The van der Waals surface area contributed by atoms with Crippen LogP contribution in [0.2, 0.25) is 0 Å². The number of benzene rings is 1. The molecule has 2 rings (SSSR count). The van der Waals surface area contributed by atoms with Gasteiger partial charge in [-0.15, -0.1) is 0 Å². The van der Waals surface area contributed by atoms with Crippen LogP contribution in [-0.4, -0.2) is 31.5 Å². The number of carbonyl (C=O) groups excluding carboxylic acids is 1. The lowest BCUT2D eigenvalue weighted by atomic mass is 10.1. The minimum atomic E-state index is -0.0589. The van der Waals surface area contributed by atoms with Crippen molar-refractivity contribution in [1.29, 1.82) is 0 Å². The zero-order valence-electron chi connectivity index (χ0n) is 11.0. The third kappa shape index (κ3) is 3.15. The molecule has 1 saturated carbocycles. The van der Waals surface area contributed by atoms with Gasteiger partial charge >= 0.3 is 0 Å². The van der Waals surface area contributed by atoms with Gasteiger partial charge in [0.1, 0.15) is 5.75 Å². The van der Waals surface area contributed by atoms with Crippen LogP contribution < -0.4 is 10.5 Å². The number of hydrogen-bond donors (Lipinski definition) is 1. The summed E-state index contributed by atoms with van der Waals surface area (Å²) in [6, 6.07) is 5.18. The summed E-state index contributed by atoms with van der Waals surface area (Å²) in [4.78, 5) is 13.5. The summed E-state index contributed by atoms with van der Waals surface area (Å²) in [5.74, 6) is 1.35. The Morgan fingerprint density at radius 2 is 2.17 bits per heavy atom. The van der Waals surface area contributed by atoms with E-state index in [9.17, 15) is 4.79 Å². The van der Waals surface area contributed by atoms with E-state index in [1.807, 2.05) is 0 Å². The standard InChI is InChI=1S/C14H20N2O2/c1-16(2)14(17)12-6-5-11(15)9-13(12)18-8-7-10-3-4-10/h5-6,9-10H,3-4,7-8,15H2,1-2H3. The summed E-state index contributed by atoms with van der Waals surface area (Å²) in [5.41, 5.74) is 6.93. The maximum absolute atomic E-state index is 12.0. The number of amides is 1. The zero-order valence-corrected chi connectivity index (χ0v) is 11.0. The lowest BCUT2D eigenvalue weighted by molar-refractivity contribution is 0.0823. The highest BCUT2D eigenvalue weighted by Crippen LogP contribution is 2.32. The van der Waals surface area contributed by atoms with Crippen molar-refractivity contribution in [1.82, 2.24) is 4.90 Å². The first-order valence-corrected chi connectivity index (χ1v) is 6.32. The molecule has 0 aliphatic heterocycles. The highest BCUT2D eigenvalue weighted by molar-refractivity contribution is 5.97. The van der Waals surface area contributed by atoms with Crippen molar-refractivity contribution in [2.24, 2.45) is 5.92 Å². The number of hydrogen-bond acceptors (Lipinski definition) is 3. The number of nitrogens with two attached hydrogens (primary N) is 1. The van der Waals surface area contributed by atoms with E-state index >= 15 is 0 Å². The fourth-order valence-electron chi connectivity index (χ4n) is 1.82. The Kier molecular flexibility index (Phi) is 3.75. The fourth-order valence-corrected chi connectivity index (χ4v) is 1.82. The minimum absolute atomic E-state index is 0.0589. The van der Waals surface area contributed by atoms with E-state index in [1.165, 1.54) is 12.8 Å². The maximum Gasteiger partial charge on any atom is 0.257 e. The normalized spacial score (nSPS) is 14.3. The van der Waals surface area contributed by atoms with E-state index in [2.05, 4.69) is 0 Å². The van der Waals surface area contributed by atoms with Crippen LogP contribution >= 0.6 is 0 Å². The molecule has 0 aromatic heterocycles. The molecule has 1 aromatic rings. The third-order valence-electron chi connectivity index (χ3n) is 3.12. The molecule has 0 radical (unpaired) electrons. The maximum atomic E-state index is 12.0. The molecule has 18 heavy (non-hydrogen) atoms. The van der Waals surface area contributed by atoms with Crippen LogP contribution in [0.3, 0.4) is 0 Å². The lowest BCUT2D eigenvalue weighted by Gasteiger charge is -2.15. The van der Waals surface area contributed by atoms with E-state index in [-0.39, 0.29) is 5.91 Å². The van der Waals surface area contributed by atoms with Crippen molar-refractivity contribution in [3.8, 4) is 5.75 Å². The molecule has 4 nitrogen and oxygen atoms in total. The van der Waals surface area contributed by atoms with Gasteiger partial charge in [-0.1, -0.05) is 12.8 Å². The molecule has 1 fully saturated rings. The van der Waals surface area contributed by atoms with E-state index in [0.29, 0.717) is 23.6 Å². The molecule has 0 unspecified atom stereocenters. The number of anilines is 1. The first kappa shape index (κ1) is 12.7. The largest absolute Gasteiger partial charge is 0.493 e. The van der Waals surface area contributed by atoms with E-state index in [0.717, 1.165) is 12.3 Å². The molecule has 98 valence electrons. The van der Waals surface area contributed by atoms with Crippen molar-refractivity contribution >= 4 is 11.6 Å². The molecule has 1 aliphatic carbocycles. The van der Waals surface area contributed by atoms with Crippen LogP contribution in [0, 0.1) is 5.92 Å². The molecule has 1 amide bonds. The van der Waals surface area contributed by atoms with Crippen LogP contribution in [-0.2, 0) is 0 Å². The van der Waals surface area contributed by atoms with E-state index in [1.54, 1.807) is 37.2 Å². The first-order chi connectivity index (χ1) is 8.58. The molecular weight excluding hydrogens is 228 g/mol. The Balaban J connectivity index is 2.08. The van der Waals surface area contributed by atoms with Crippen LogP contribution in [0.4, 0.5) is 5.69 Å². The van der Waals surface area contributed by atoms with E-state index in [4.69, 9.17) is 10.5 Å². The second-order valence-electron chi connectivity index (χ2n) is 5.04. The van der Waals surface area contributed by atoms with Gasteiger partial charge in [0.05, 0.1) is 12.2 Å². The SMILES string of the molecule is CN(C)C(=O)c1ccc(N)cc1OCCC1CC1. The second-order valence-corrected chi connectivity index (χ2v) is 5.04. The number of ether oxygens (including phenoxy) is 1. The molecule has 0 heterocycles. The summed E-state index contributed by atoms with van der Waals surface area (Å²) < 4.78 is 5.71. The van der Waals surface area contributed by atoms with Crippen LogP contribution in [0.25, 0.3) is 0 Å². The van der Waals surface area contributed by atoms with Crippen molar-refractivity contribution in [2.75, 3.05) is 26.4 Å². The van der Waals surface area contributed by atoms with Crippen molar-refractivity contribution < 1.29 is 9.53 Å². The van der Waals surface area contributed by atoms with Gasteiger partial charge in [-0.05, 0) is 24.5 Å². The molecule has 0 atom stereocenters. The van der Waals surface area contributed by atoms with Gasteiger partial charge < -0.3 is 15.4 Å². The van der Waals surface area contributed by atoms with Gasteiger partial charge in [-0.25, -0.2) is 0 Å². The van der Waals surface area contributed by atoms with Crippen LogP contribution in [0.1, 0.15) is 29.6 Å². The molecule has 0 bridgehead atoms. The summed E-state index contributed by atoms with van der Waals surface area (Å²) in [5, 5.41) is 0. The first-order valence-electron chi connectivity index (χ1n) is 6.32. The smallest absolute Gasteiger partial charge is 0.257 e. The molecule has 0 saturated heterocycles. The van der Waals surface area contributed by atoms with Gasteiger partial charge in [0, 0.05) is 25.8 Å². The number of carbonyl (C=O) groups is 1. The number of nitrogen functional groups attached to an aromatic ring is 1. The van der Waals surface area contributed by atoms with E-state index < -0.39 is 0 Å². The highest BCUT2D eigenvalue weighted by atomic mass is 16.5. The molecule has 0 spiro atoms. The van der Waals surface area contributed by atoms with Crippen molar-refractivity contribution in [3.63, 3.8) is 0 Å². The second kappa shape index (κ2) is 5.29. The summed E-state index contributed by atoms with van der Waals surface area (Å²) in [6.07, 6.45) is 3.68. The average molecular weight is 248 g/mol. The predicted octanol–water partition coefficient (Wildman–Crippen LogP) is 2.15. The predicted molar refractivity (Wildman–Crippen MR) is 71.7 cm³/mol. The zero-order chi connectivity index (χ0) is 13.1. The Morgan fingerprint density at radius 1 is 1.44 bits per heavy atom. The monoisotopic (exact) mass is 248 g/mol. The molecular formula is C14H20N2O2. The number of nitrogens with zero attached hydrogens (tertiary/aromatic N) is 1. The molecule has 1 aliphatic rings.